The summed E-state index contributed by atoms with van der Waals surface area (Å²) in [5.74, 6) is -3.36. The van der Waals surface area contributed by atoms with Gasteiger partial charge in [0.15, 0.2) is 0 Å². The Hall–Kier alpha value is -1.36. The second-order valence-corrected chi connectivity index (χ2v) is 4.56. The van der Waals surface area contributed by atoms with E-state index in [1.807, 2.05) is 0 Å². The molecule has 0 amide bonds. The van der Waals surface area contributed by atoms with Gasteiger partial charge >= 0.3 is 31.4 Å². The molecule has 0 aliphatic carbocycles. The first-order valence-electron chi connectivity index (χ1n) is 5.69. The van der Waals surface area contributed by atoms with Gasteiger partial charge in [-0.15, -0.1) is 0 Å². The number of hydrogen-bond acceptors (Lipinski definition) is 5. The van der Waals surface area contributed by atoms with Gasteiger partial charge in [-0.25, -0.2) is 4.79 Å². The summed E-state index contributed by atoms with van der Waals surface area (Å²) in [4.78, 5) is 22.5. The van der Waals surface area contributed by atoms with Crippen LogP contribution in [0.2, 0.25) is 0 Å². The topological polar surface area (TPSA) is 75.7 Å². The Kier molecular flexibility index (Phi) is 9.02. The number of halogens is 3. The average Bonchev–Trinajstić information content (AvgIpc) is 2.37. The fraction of sp³-hybridized carbons (Fsp3) is 0.231. The van der Waals surface area contributed by atoms with Crippen LogP contribution in [0.1, 0.15) is 12.5 Å². The summed E-state index contributed by atoms with van der Waals surface area (Å²) in [6.45, 7) is -1.54. The van der Waals surface area contributed by atoms with Crippen molar-refractivity contribution in [1.82, 2.24) is 0 Å². The monoisotopic (exact) mass is 370 g/mol. The van der Waals surface area contributed by atoms with E-state index in [4.69, 9.17) is 0 Å². The van der Waals surface area contributed by atoms with Crippen molar-refractivity contribution in [3.63, 3.8) is 0 Å². The number of ketones is 1. The Morgan fingerprint density at radius 2 is 2.00 bits per heavy atom. The number of carbonyl (C=O) groups excluding carboxylic acids is 2. The molecule has 0 spiro atoms. The van der Waals surface area contributed by atoms with E-state index in [9.17, 15) is 23.5 Å². The quantitative estimate of drug-likeness (QED) is 0.208. The third-order valence-corrected chi connectivity index (χ3v) is 2.58. The number of rotatable bonds is 6. The van der Waals surface area contributed by atoms with Crippen molar-refractivity contribution in [1.29, 1.82) is 0 Å². The van der Waals surface area contributed by atoms with Crippen molar-refractivity contribution < 1.29 is 51.8 Å². The van der Waals surface area contributed by atoms with E-state index >= 15 is 0 Å². The van der Waals surface area contributed by atoms with Gasteiger partial charge in [0.1, 0.15) is 5.75 Å². The normalized spacial score (nSPS) is 10.9. The van der Waals surface area contributed by atoms with Crippen LogP contribution >= 0.6 is 15.9 Å². The number of benzene rings is 1. The zero-order valence-electron chi connectivity index (χ0n) is 11.8. The molecule has 0 bridgehead atoms. The zero-order chi connectivity index (χ0) is 16.0. The fourth-order valence-electron chi connectivity index (χ4n) is 1.34. The van der Waals surface area contributed by atoms with Gasteiger partial charge in [0.2, 0.25) is 0 Å². The third-order valence-electron chi connectivity index (χ3n) is 2.12. The van der Waals surface area contributed by atoms with Crippen molar-refractivity contribution in [2.24, 2.45) is 0 Å². The van der Waals surface area contributed by atoms with Crippen LogP contribution in [0.5, 0.6) is 5.75 Å². The minimum absolute atomic E-state index is 0. The summed E-state index contributed by atoms with van der Waals surface area (Å²) in [6.07, 6.45) is 0.534. The predicted molar refractivity (Wildman–Crippen MR) is 70.4 cm³/mol. The summed E-state index contributed by atoms with van der Waals surface area (Å²) in [6, 6.07) is 3.57. The maximum atomic E-state index is 12.1. The van der Waals surface area contributed by atoms with Crippen molar-refractivity contribution in [2.75, 3.05) is 6.61 Å². The first kappa shape index (κ1) is 20.6. The van der Waals surface area contributed by atoms with E-state index in [1.165, 1.54) is 19.1 Å². The van der Waals surface area contributed by atoms with Crippen molar-refractivity contribution in [2.45, 2.75) is 13.5 Å². The molecule has 0 saturated heterocycles. The SMILES string of the molecule is CCOC(=O)C(=O)/C=C(\[O-])c1cc(Br)cc(OC(F)F)c1.[Li+]. The molecule has 0 unspecified atom stereocenters. The van der Waals surface area contributed by atoms with Gasteiger partial charge in [-0.1, -0.05) is 21.7 Å². The summed E-state index contributed by atoms with van der Waals surface area (Å²) in [5, 5.41) is 11.8. The standard InChI is InChI=1S/C13H11BrF2O5.Li/c1-2-20-12(19)11(18)6-10(17)7-3-8(14)5-9(4-7)21-13(15)16;/h3-6,13,17H,2H2,1H3;/q;+1/p-1/b10-6-;. The molecule has 1 rings (SSSR count). The number of carbonyl (C=O) groups is 2. The second-order valence-electron chi connectivity index (χ2n) is 3.65. The minimum Gasteiger partial charge on any atom is -0.872 e. The Labute approximate surface area is 145 Å². The summed E-state index contributed by atoms with van der Waals surface area (Å²) < 4.78 is 33.2. The van der Waals surface area contributed by atoms with Crippen LogP contribution in [0.4, 0.5) is 8.78 Å². The number of alkyl halides is 2. The van der Waals surface area contributed by atoms with E-state index < -0.39 is 24.1 Å². The predicted octanol–water partition coefficient (Wildman–Crippen LogP) is -1.11. The van der Waals surface area contributed by atoms with E-state index in [-0.39, 0.29) is 36.8 Å². The molecule has 0 atom stereocenters. The van der Waals surface area contributed by atoms with Gasteiger partial charge in [-0.3, -0.25) is 4.79 Å². The molecule has 0 aliphatic heterocycles. The second kappa shape index (κ2) is 9.61. The van der Waals surface area contributed by atoms with Gasteiger partial charge in [0.25, 0.3) is 5.78 Å². The van der Waals surface area contributed by atoms with Gasteiger partial charge in [-0.05, 0) is 36.8 Å². The van der Waals surface area contributed by atoms with Gasteiger partial charge in [0.05, 0.1) is 6.61 Å². The van der Waals surface area contributed by atoms with Crippen LogP contribution in [-0.4, -0.2) is 25.0 Å². The molecular weight excluding hydrogens is 361 g/mol. The molecule has 5 nitrogen and oxygen atoms in total. The van der Waals surface area contributed by atoms with Crippen molar-refractivity contribution in [3.8, 4) is 5.75 Å². The average molecular weight is 371 g/mol. The maximum Gasteiger partial charge on any atom is 1.00 e. The molecule has 22 heavy (non-hydrogen) atoms. The molecule has 1 aromatic carbocycles. The molecule has 0 fully saturated rings. The van der Waals surface area contributed by atoms with E-state index in [2.05, 4.69) is 25.4 Å². The van der Waals surface area contributed by atoms with Crippen LogP contribution in [-0.2, 0) is 14.3 Å². The molecule has 114 valence electrons. The third kappa shape index (κ3) is 6.60. The Morgan fingerprint density at radius 1 is 1.36 bits per heavy atom. The molecule has 0 aromatic heterocycles. The fourth-order valence-corrected chi connectivity index (χ4v) is 1.81. The largest absolute Gasteiger partial charge is 1.00 e. The van der Waals surface area contributed by atoms with E-state index in [1.54, 1.807) is 0 Å². The Bertz CT molecular complexity index is 578. The molecule has 0 heterocycles. The molecule has 0 aliphatic rings. The smallest absolute Gasteiger partial charge is 0.872 e. The molecule has 0 saturated carbocycles. The Morgan fingerprint density at radius 3 is 2.55 bits per heavy atom. The van der Waals surface area contributed by atoms with Crippen LogP contribution in [0.3, 0.4) is 0 Å². The van der Waals surface area contributed by atoms with Gasteiger partial charge < -0.3 is 14.6 Å². The van der Waals surface area contributed by atoms with Crippen molar-refractivity contribution in [3.05, 3.63) is 34.3 Å². The van der Waals surface area contributed by atoms with Crippen LogP contribution in [0, 0.1) is 0 Å². The zero-order valence-corrected chi connectivity index (χ0v) is 13.4. The van der Waals surface area contributed by atoms with Crippen molar-refractivity contribution >= 4 is 33.4 Å². The number of hydrogen-bond donors (Lipinski definition) is 0. The minimum atomic E-state index is -3.05. The van der Waals surface area contributed by atoms with Crippen LogP contribution < -0.4 is 28.7 Å². The molecule has 9 heteroatoms. The summed E-state index contributed by atoms with van der Waals surface area (Å²) in [7, 11) is 0. The summed E-state index contributed by atoms with van der Waals surface area (Å²) >= 11 is 3.02. The number of ether oxygens (including phenoxy) is 2. The molecular formula is C13H10BrF2LiO5. The first-order valence-corrected chi connectivity index (χ1v) is 6.48. The van der Waals surface area contributed by atoms with E-state index in [0.29, 0.717) is 10.5 Å². The van der Waals surface area contributed by atoms with E-state index in [0.717, 1.165) is 6.07 Å². The summed E-state index contributed by atoms with van der Waals surface area (Å²) in [5.41, 5.74) is -0.0855. The number of esters is 1. The first-order chi connectivity index (χ1) is 9.83. The molecule has 1 aromatic rings. The Balaban J connectivity index is 0.00000441. The molecule has 0 N–H and O–H groups in total. The van der Waals surface area contributed by atoms with Crippen LogP contribution in [0.25, 0.3) is 5.76 Å². The molecule has 0 radical (unpaired) electrons. The van der Waals surface area contributed by atoms with Crippen LogP contribution in [0.15, 0.2) is 28.7 Å². The maximum absolute atomic E-state index is 12.1. The van der Waals surface area contributed by atoms with Gasteiger partial charge in [-0.2, -0.15) is 8.78 Å². The van der Waals surface area contributed by atoms with Gasteiger partial charge in [0, 0.05) is 4.47 Å².